The van der Waals surface area contributed by atoms with E-state index in [9.17, 15) is 4.79 Å². The van der Waals surface area contributed by atoms with Gasteiger partial charge in [-0.05, 0) is 61.2 Å². The first-order valence-electron chi connectivity index (χ1n) is 11.5. The van der Waals surface area contributed by atoms with Crippen molar-refractivity contribution in [2.24, 2.45) is 0 Å². The van der Waals surface area contributed by atoms with Crippen LogP contribution >= 0.6 is 0 Å². The normalized spacial score (nSPS) is 18.7. The van der Waals surface area contributed by atoms with E-state index in [2.05, 4.69) is 28.1 Å². The molecule has 3 aromatic rings. The molecule has 4 heterocycles. The fraction of sp³-hybridized carbons (Fsp3) is 0.346. The van der Waals surface area contributed by atoms with Crippen LogP contribution in [-0.2, 0) is 16.0 Å². The van der Waals surface area contributed by atoms with Gasteiger partial charge in [0.2, 0.25) is 5.91 Å². The second-order valence-electron chi connectivity index (χ2n) is 8.77. The van der Waals surface area contributed by atoms with Crippen LogP contribution in [0.3, 0.4) is 0 Å². The number of hydrogen-bond acceptors (Lipinski definition) is 6. The summed E-state index contributed by atoms with van der Waals surface area (Å²) in [4.78, 5) is 26.3. The number of carbonyl (C=O) groups excluding carboxylic acids is 1. The first-order valence-corrected chi connectivity index (χ1v) is 11.5. The van der Waals surface area contributed by atoms with Gasteiger partial charge in [0.25, 0.3) is 0 Å². The third-order valence-corrected chi connectivity index (χ3v) is 6.34. The minimum Gasteiger partial charge on any atom is -0.384 e. The highest BCUT2D eigenvalue weighted by Gasteiger charge is 2.28. The Bertz CT molecular complexity index is 1150. The molecule has 2 aliphatic rings. The minimum absolute atomic E-state index is 0.147. The maximum atomic E-state index is 13.2. The number of hydrogen-bond donors (Lipinski definition) is 1. The van der Waals surface area contributed by atoms with Crippen LogP contribution in [0.1, 0.15) is 29.5 Å². The summed E-state index contributed by atoms with van der Waals surface area (Å²) in [5.74, 6) is 0.644. The van der Waals surface area contributed by atoms with Crippen molar-refractivity contribution in [2.75, 3.05) is 43.4 Å². The zero-order valence-electron chi connectivity index (χ0n) is 18.9. The van der Waals surface area contributed by atoms with Crippen LogP contribution in [0.2, 0.25) is 0 Å². The fourth-order valence-electron chi connectivity index (χ4n) is 4.70. The molecule has 0 unspecified atom stereocenters. The standard InChI is InChI=1S/C26H29N5O2/c1-18-13-21(20-8-9-25(27)28-15-20)14-22(29-18)24-16-30(11-12-33-24)17-26(32)31-10-4-6-19-5-2-3-7-23(19)31/h2-3,5,7-9,13-15,24H,4,6,10-12,16-17H2,1H3,(H2,27,28)/t24-/m1/s1. The van der Waals surface area contributed by atoms with E-state index in [1.165, 1.54) is 5.56 Å². The SMILES string of the molecule is Cc1cc(-c2ccc(N)nc2)cc([C@H]2CN(CC(=O)N3CCCc4ccccc43)CCO2)n1. The van der Waals surface area contributed by atoms with Crippen LogP contribution in [0.25, 0.3) is 11.1 Å². The molecular formula is C26H29N5O2. The molecule has 33 heavy (non-hydrogen) atoms. The Labute approximate surface area is 194 Å². The van der Waals surface area contributed by atoms with E-state index in [0.717, 1.165) is 54.1 Å². The molecule has 0 radical (unpaired) electrons. The molecule has 2 N–H and O–H groups in total. The molecule has 1 amide bonds. The molecule has 7 heteroatoms. The number of ether oxygens (including phenoxy) is 1. The van der Waals surface area contributed by atoms with Crippen LogP contribution in [0.5, 0.6) is 0 Å². The van der Waals surface area contributed by atoms with E-state index in [1.807, 2.05) is 36.1 Å². The molecule has 0 bridgehead atoms. The molecule has 1 atom stereocenters. The third-order valence-electron chi connectivity index (χ3n) is 6.34. The Kier molecular flexibility index (Phi) is 6.07. The van der Waals surface area contributed by atoms with E-state index in [0.29, 0.717) is 25.5 Å². The van der Waals surface area contributed by atoms with Gasteiger partial charge < -0.3 is 15.4 Å². The van der Waals surface area contributed by atoms with Crippen molar-refractivity contribution in [1.82, 2.24) is 14.9 Å². The van der Waals surface area contributed by atoms with Crippen LogP contribution < -0.4 is 10.6 Å². The lowest BCUT2D eigenvalue weighted by molar-refractivity contribution is -0.122. The van der Waals surface area contributed by atoms with Gasteiger partial charge in [-0.1, -0.05) is 18.2 Å². The number of carbonyl (C=O) groups is 1. The predicted octanol–water partition coefficient (Wildman–Crippen LogP) is 3.39. The van der Waals surface area contributed by atoms with E-state index < -0.39 is 0 Å². The lowest BCUT2D eigenvalue weighted by Crippen LogP contribution is -2.47. The number of nitrogens with zero attached hydrogens (tertiary/aromatic N) is 4. The molecule has 1 saturated heterocycles. The molecule has 2 aromatic heterocycles. The summed E-state index contributed by atoms with van der Waals surface area (Å²) in [5.41, 5.74) is 11.9. The van der Waals surface area contributed by atoms with Crippen LogP contribution in [0.4, 0.5) is 11.5 Å². The lowest BCUT2D eigenvalue weighted by Gasteiger charge is -2.35. The van der Waals surface area contributed by atoms with Crippen molar-refractivity contribution in [3.8, 4) is 11.1 Å². The van der Waals surface area contributed by atoms with Crippen molar-refractivity contribution >= 4 is 17.4 Å². The average Bonchev–Trinajstić information content (AvgIpc) is 2.84. The largest absolute Gasteiger partial charge is 0.384 e. The summed E-state index contributed by atoms with van der Waals surface area (Å²) in [6, 6.07) is 16.1. The van der Waals surface area contributed by atoms with Crippen molar-refractivity contribution in [1.29, 1.82) is 0 Å². The molecule has 0 spiro atoms. The molecule has 2 aliphatic heterocycles. The number of morpholine rings is 1. The van der Waals surface area contributed by atoms with Crippen molar-refractivity contribution in [2.45, 2.75) is 25.9 Å². The first kappa shape index (κ1) is 21.6. The number of aryl methyl sites for hydroxylation is 2. The number of para-hydroxylation sites is 1. The van der Waals surface area contributed by atoms with E-state index >= 15 is 0 Å². The smallest absolute Gasteiger partial charge is 0.241 e. The zero-order valence-corrected chi connectivity index (χ0v) is 18.9. The predicted molar refractivity (Wildman–Crippen MR) is 129 cm³/mol. The number of anilines is 2. The Morgan fingerprint density at radius 3 is 2.88 bits per heavy atom. The number of benzene rings is 1. The average molecular weight is 444 g/mol. The van der Waals surface area contributed by atoms with Crippen LogP contribution in [-0.4, -0.2) is 53.6 Å². The van der Waals surface area contributed by atoms with Gasteiger partial charge in [0.05, 0.1) is 18.8 Å². The highest BCUT2D eigenvalue weighted by atomic mass is 16.5. The second-order valence-corrected chi connectivity index (χ2v) is 8.77. The van der Waals surface area contributed by atoms with E-state index in [1.54, 1.807) is 12.3 Å². The quantitative estimate of drug-likeness (QED) is 0.665. The topological polar surface area (TPSA) is 84.6 Å². The van der Waals surface area contributed by atoms with Crippen molar-refractivity contribution in [3.05, 3.63) is 71.7 Å². The maximum Gasteiger partial charge on any atom is 0.241 e. The molecule has 1 aromatic carbocycles. The Balaban J connectivity index is 1.30. The number of rotatable bonds is 4. The lowest BCUT2D eigenvalue weighted by atomic mass is 10.0. The first-order chi connectivity index (χ1) is 16.1. The van der Waals surface area contributed by atoms with Crippen LogP contribution in [0, 0.1) is 6.92 Å². The Morgan fingerprint density at radius 1 is 1.15 bits per heavy atom. The number of nitrogens with two attached hydrogens (primary N) is 1. The molecule has 170 valence electrons. The summed E-state index contributed by atoms with van der Waals surface area (Å²) in [6.45, 7) is 5.09. The Hall–Kier alpha value is -3.29. The second kappa shape index (κ2) is 9.29. The number of amides is 1. The zero-order chi connectivity index (χ0) is 22.8. The molecular weight excluding hydrogens is 414 g/mol. The highest BCUT2D eigenvalue weighted by Crippen LogP contribution is 2.29. The number of aromatic nitrogens is 2. The van der Waals surface area contributed by atoms with Gasteiger partial charge in [-0.25, -0.2) is 4.98 Å². The van der Waals surface area contributed by atoms with Crippen molar-refractivity contribution < 1.29 is 9.53 Å². The van der Waals surface area contributed by atoms with Crippen molar-refractivity contribution in [3.63, 3.8) is 0 Å². The third kappa shape index (κ3) is 4.74. The van der Waals surface area contributed by atoms with Gasteiger partial charge in [0.1, 0.15) is 11.9 Å². The fourth-order valence-corrected chi connectivity index (χ4v) is 4.70. The van der Waals surface area contributed by atoms with Gasteiger partial charge in [-0.3, -0.25) is 14.7 Å². The Morgan fingerprint density at radius 2 is 2.03 bits per heavy atom. The van der Waals surface area contributed by atoms with Gasteiger partial charge in [0.15, 0.2) is 0 Å². The monoisotopic (exact) mass is 443 g/mol. The highest BCUT2D eigenvalue weighted by molar-refractivity contribution is 5.96. The van der Waals surface area contributed by atoms with Gasteiger partial charge in [-0.2, -0.15) is 0 Å². The van der Waals surface area contributed by atoms with E-state index in [4.69, 9.17) is 15.5 Å². The maximum absolute atomic E-state index is 13.2. The van der Waals surface area contributed by atoms with Crippen LogP contribution in [0.15, 0.2) is 54.7 Å². The molecule has 1 fully saturated rings. The molecule has 5 rings (SSSR count). The molecule has 0 aliphatic carbocycles. The number of fused-ring (bicyclic) bond motifs is 1. The number of pyridine rings is 2. The summed E-state index contributed by atoms with van der Waals surface area (Å²) >= 11 is 0. The van der Waals surface area contributed by atoms with Gasteiger partial charge >= 0.3 is 0 Å². The summed E-state index contributed by atoms with van der Waals surface area (Å²) in [5, 5.41) is 0. The van der Waals surface area contributed by atoms with E-state index in [-0.39, 0.29) is 12.0 Å². The molecule has 0 saturated carbocycles. The molecule has 7 nitrogen and oxygen atoms in total. The van der Waals surface area contributed by atoms with Gasteiger partial charge in [0, 0.05) is 42.8 Å². The summed E-state index contributed by atoms with van der Waals surface area (Å²) < 4.78 is 6.08. The minimum atomic E-state index is -0.180. The number of nitrogen functional groups attached to an aromatic ring is 1. The van der Waals surface area contributed by atoms with Gasteiger partial charge in [-0.15, -0.1) is 0 Å². The summed E-state index contributed by atoms with van der Waals surface area (Å²) in [6.07, 6.45) is 3.63. The summed E-state index contributed by atoms with van der Waals surface area (Å²) in [7, 11) is 0.